The van der Waals surface area contributed by atoms with Gasteiger partial charge in [0.05, 0.1) is 18.8 Å². The fourth-order valence-corrected chi connectivity index (χ4v) is 0.727. The van der Waals surface area contributed by atoms with Gasteiger partial charge in [-0.15, -0.1) is 0 Å². The molecule has 0 rings (SSSR count). The SMILES string of the molecule is CC(CO)NCCOC(C)(C)C. The molecule has 0 aromatic rings. The van der Waals surface area contributed by atoms with E-state index in [4.69, 9.17) is 9.84 Å². The summed E-state index contributed by atoms with van der Waals surface area (Å²) in [5.74, 6) is 0. The summed E-state index contributed by atoms with van der Waals surface area (Å²) in [6.07, 6.45) is 0. The van der Waals surface area contributed by atoms with Crippen molar-refractivity contribution < 1.29 is 9.84 Å². The van der Waals surface area contributed by atoms with Crippen LogP contribution in [0.2, 0.25) is 0 Å². The number of hydrogen-bond donors (Lipinski definition) is 2. The first-order chi connectivity index (χ1) is 5.45. The molecule has 1 atom stereocenters. The highest BCUT2D eigenvalue weighted by atomic mass is 16.5. The molecule has 0 saturated carbocycles. The molecule has 1 unspecified atom stereocenters. The van der Waals surface area contributed by atoms with Crippen LogP contribution in [0.15, 0.2) is 0 Å². The lowest BCUT2D eigenvalue weighted by Crippen LogP contribution is -2.34. The molecule has 3 nitrogen and oxygen atoms in total. The highest BCUT2D eigenvalue weighted by Gasteiger charge is 2.09. The molecule has 3 heteroatoms. The number of aliphatic hydroxyl groups excluding tert-OH is 1. The summed E-state index contributed by atoms with van der Waals surface area (Å²) in [4.78, 5) is 0. The van der Waals surface area contributed by atoms with Crippen molar-refractivity contribution in [2.45, 2.75) is 39.3 Å². The van der Waals surface area contributed by atoms with E-state index in [2.05, 4.69) is 5.32 Å². The van der Waals surface area contributed by atoms with E-state index in [1.54, 1.807) is 0 Å². The molecule has 0 aliphatic heterocycles. The van der Waals surface area contributed by atoms with Crippen molar-refractivity contribution in [3.05, 3.63) is 0 Å². The van der Waals surface area contributed by atoms with Crippen LogP contribution in [0.25, 0.3) is 0 Å². The number of aliphatic hydroxyl groups is 1. The third-order valence-electron chi connectivity index (χ3n) is 1.40. The summed E-state index contributed by atoms with van der Waals surface area (Å²) in [5, 5.41) is 11.8. The minimum Gasteiger partial charge on any atom is -0.395 e. The number of hydrogen-bond acceptors (Lipinski definition) is 3. The molecular weight excluding hydrogens is 154 g/mol. The molecule has 12 heavy (non-hydrogen) atoms. The lowest BCUT2D eigenvalue weighted by atomic mass is 10.2. The Hall–Kier alpha value is -0.120. The van der Waals surface area contributed by atoms with Crippen LogP contribution in [0.4, 0.5) is 0 Å². The highest BCUT2D eigenvalue weighted by Crippen LogP contribution is 2.04. The maximum Gasteiger partial charge on any atom is 0.0599 e. The van der Waals surface area contributed by atoms with Gasteiger partial charge in [0.15, 0.2) is 0 Å². The van der Waals surface area contributed by atoms with Crippen molar-refractivity contribution in [3.63, 3.8) is 0 Å². The smallest absolute Gasteiger partial charge is 0.0599 e. The average Bonchev–Trinajstić information content (AvgIpc) is 1.96. The second-order valence-electron chi connectivity index (χ2n) is 4.00. The first kappa shape index (κ1) is 11.9. The van der Waals surface area contributed by atoms with E-state index in [1.807, 2.05) is 27.7 Å². The highest BCUT2D eigenvalue weighted by molar-refractivity contribution is 4.61. The molecule has 0 fully saturated rings. The molecule has 0 aliphatic carbocycles. The largest absolute Gasteiger partial charge is 0.395 e. The Kier molecular flexibility index (Phi) is 5.46. The van der Waals surface area contributed by atoms with Gasteiger partial charge in [-0.05, 0) is 27.7 Å². The normalized spacial score (nSPS) is 14.8. The van der Waals surface area contributed by atoms with E-state index in [9.17, 15) is 0 Å². The molecule has 74 valence electrons. The molecule has 2 N–H and O–H groups in total. The van der Waals surface area contributed by atoms with Crippen molar-refractivity contribution in [3.8, 4) is 0 Å². The molecule has 0 spiro atoms. The van der Waals surface area contributed by atoms with Crippen LogP contribution < -0.4 is 5.32 Å². The molecular formula is C9H21NO2. The van der Waals surface area contributed by atoms with E-state index in [1.165, 1.54) is 0 Å². The second-order valence-corrected chi connectivity index (χ2v) is 4.00. The van der Waals surface area contributed by atoms with E-state index in [0.717, 1.165) is 6.54 Å². The monoisotopic (exact) mass is 175 g/mol. The Morgan fingerprint density at radius 2 is 2.00 bits per heavy atom. The van der Waals surface area contributed by atoms with E-state index < -0.39 is 0 Å². The zero-order chi connectivity index (χ0) is 9.61. The van der Waals surface area contributed by atoms with Crippen LogP contribution in [-0.4, -0.2) is 36.5 Å². The molecule has 0 aromatic heterocycles. The Bertz CT molecular complexity index is 110. The van der Waals surface area contributed by atoms with Gasteiger partial charge in [-0.2, -0.15) is 0 Å². The van der Waals surface area contributed by atoms with Crippen LogP contribution >= 0.6 is 0 Å². The maximum absolute atomic E-state index is 8.69. The summed E-state index contributed by atoms with van der Waals surface area (Å²) >= 11 is 0. The Morgan fingerprint density at radius 1 is 1.42 bits per heavy atom. The van der Waals surface area contributed by atoms with Gasteiger partial charge in [-0.3, -0.25) is 0 Å². The van der Waals surface area contributed by atoms with Gasteiger partial charge in [0, 0.05) is 12.6 Å². The van der Waals surface area contributed by atoms with Crippen molar-refractivity contribution in [1.82, 2.24) is 5.32 Å². The Morgan fingerprint density at radius 3 is 2.42 bits per heavy atom. The van der Waals surface area contributed by atoms with Crippen LogP contribution in [0.3, 0.4) is 0 Å². The van der Waals surface area contributed by atoms with Gasteiger partial charge in [-0.1, -0.05) is 0 Å². The zero-order valence-electron chi connectivity index (χ0n) is 8.55. The van der Waals surface area contributed by atoms with Crippen molar-refractivity contribution in [1.29, 1.82) is 0 Å². The number of ether oxygens (including phenoxy) is 1. The quantitative estimate of drug-likeness (QED) is 0.606. The van der Waals surface area contributed by atoms with Crippen LogP contribution in [0.5, 0.6) is 0 Å². The van der Waals surface area contributed by atoms with E-state index in [0.29, 0.717) is 6.61 Å². The molecule has 0 amide bonds. The van der Waals surface area contributed by atoms with E-state index >= 15 is 0 Å². The minimum absolute atomic E-state index is 0.0653. The van der Waals surface area contributed by atoms with Crippen molar-refractivity contribution >= 4 is 0 Å². The van der Waals surface area contributed by atoms with Crippen molar-refractivity contribution in [2.24, 2.45) is 0 Å². The van der Waals surface area contributed by atoms with E-state index in [-0.39, 0.29) is 18.2 Å². The zero-order valence-corrected chi connectivity index (χ0v) is 8.55. The van der Waals surface area contributed by atoms with Crippen LogP contribution in [-0.2, 0) is 4.74 Å². The second kappa shape index (κ2) is 5.51. The fourth-order valence-electron chi connectivity index (χ4n) is 0.727. The summed E-state index contributed by atoms with van der Waals surface area (Å²) in [5.41, 5.74) is -0.0653. The number of rotatable bonds is 5. The molecule has 0 aliphatic rings. The fraction of sp³-hybridized carbons (Fsp3) is 1.00. The topological polar surface area (TPSA) is 41.5 Å². The lowest BCUT2D eigenvalue weighted by molar-refractivity contribution is -0.00194. The standard InChI is InChI=1S/C9H21NO2/c1-8(7-11)10-5-6-12-9(2,3)4/h8,10-11H,5-7H2,1-4H3. The van der Waals surface area contributed by atoms with Crippen LogP contribution in [0.1, 0.15) is 27.7 Å². The van der Waals surface area contributed by atoms with Gasteiger partial charge >= 0.3 is 0 Å². The van der Waals surface area contributed by atoms with Gasteiger partial charge in [0.25, 0.3) is 0 Å². The maximum atomic E-state index is 8.69. The summed E-state index contributed by atoms with van der Waals surface area (Å²) < 4.78 is 5.48. The first-order valence-corrected chi connectivity index (χ1v) is 4.44. The predicted molar refractivity (Wildman–Crippen MR) is 50.3 cm³/mol. The lowest BCUT2D eigenvalue weighted by Gasteiger charge is -2.20. The summed E-state index contributed by atoms with van der Waals surface area (Å²) in [6.45, 7) is 9.69. The van der Waals surface area contributed by atoms with Gasteiger partial charge in [0.2, 0.25) is 0 Å². The third kappa shape index (κ3) is 7.98. The molecule has 0 saturated heterocycles. The first-order valence-electron chi connectivity index (χ1n) is 4.44. The number of nitrogens with one attached hydrogen (secondary N) is 1. The molecule has 0 aromatic carbocycles. The summed E-state index contributed by atoms with van der Waals surface area (Å²) in [6, 6.07) is 0.161. The molecule has 0 radical (unpaired) electrons. The predicted octanol–water partition coefficient (Wildman–Crippen LogP) is 0.772. The van der Waals surface area contributed by atoms with Gasteiger partial charge in [0.1, 0.15) is 0 Å². The average molecular weight is 175 g/mol. The molecule has 0 bridgehead atoms. The van der Waals surface area contributed by atoms with Gasteiger partial charge in [-0.25, -0.2) is 0 Å². The molecule has 0 heterocycles. The third-order valence-corrected chi connectivity index (χ3v) is 1.40. The summed E-state index contributed by atoms with van der Waals surface area (Å²) in [7, 11) is 0. The minimum atomic E-state index is -0.0653. The Balaban J connectivity index is 3.22. The van der Waals surface area contributed by atoms with Gasteiger partial charge < -0.3 is 15.2 Å². The van der Waals surface area contributed by atoms with Crippen molar-refractivity contribution in [2.75, 3.05) is 19.8 Å². The van der Waals surface area contributed by atoms with Crippen LogP contribution in [0, 0.1) is 0 Å². The Labute approximate surface area is 75.1 Å².